The Morgan fingerprint density at radius 2 is 1.95 bits per heavy atom. The van der Waals surface area contributed by atoms with E-state index in [1.165, 1.54) is 5.56 Å². The lowest BCUT2D eigenvalue weighted by molar-refractivity contribution is 0.414. The average Bonchev–Trinajstić information content (AvgIpc) is 3.00. The highest BCUT2D eigenvalue weighted by Crippen LogP contribution is 2.14. The first kappa shape index (κ1) is 13.4. The summed E-state index contributed by atoms with van der Waals surface area (Å²) in [4.78, 5) is 6.73. The van der Waals surface area contributed by atoms with Crippen molar-refractivity contribution in [1.82, 2.24) is 14.6 Å². The second kappa shape index (κ2) is 5.83. The molecule has 0 aliphatic carbocycles. The number of aromatic nitrogens is 3. The molecule has 1 aromatic carbocycles. The fourth-order valence-corrected chi connectivity index (χ4v) is 2.22. The van der Waals surface area contributed by atoms with Gasteiger partial charge in [0, 0.05) is 25.9 Å². The molecule has 2 aromatic heterocycles. The molecule has 0 unspecified atom stereocenters. The van der Waals surface area contributed by atoms with Crippen LogP contribution in [0.15, 0.2) is 48.8 Å². The molecule has 0 N–H and O–H groups in total. The van der Waals surface area contributed by atoms with Crippen LogP contribution < -0.4 is 9.64 Å². The molecule has 2 heterocycles. The lowest BCUT2D eigenvalue weighted by Gasteiger charge is -2.18. The third-order valence-corrected chi connectivity index (χ3v) is 3.53. The van der Waals surface area contributed by atoms with Crippen LogP contribution in [-0.2, 0) is 6.42 Å². The lowest BCUT2D eigenvalue weighted by Crippen LogP contribution is -2.21. The fourth-order valence-electron chi connectivity index (χ4n) is 2.22. The summed E-state index contributed by atoms with van der Waals surface area (Å²) in [7, 11) is 3.74. The van der Waals surface area contributed by atoms with Gasteiger partial charge in [-0.3, -0.25) is 0 Å². The summed E-state index contributed by atoms with van der Waals surface area (Å²) in [5.41, 5.74) is 2.15. The van der Waals surface area contributed by atoms with Crippen molar-refractivity contribution in [3.05, 3.63) is 54.4 Å². The first-order valence-electron chi connectivity index (χ1n) is 6.91. The Balaban J connectivity index is 1.66. The van der Waals surface area contributed by atoms with Crippen LogP contribution in [0.2, 0.25) is 0 Å². The molecule has 5 heteroatoms. The SMILES string of the molecule is COc1ccc(CCN(C)c2ccn3nccc3n2)cc1. The second-order valence-corrected chi connectivity index (χ2v) is 4.94. The summed E-state index contributed by atoms with van der Waals surface area (Å²) in [5.74, 6) is 1.84. The second-order valence-electron chi connectivity index (χ2n) is 4.94. The van der Waals surface area contributed by atoms with E-state index in [1.54, 1.807) is 17.8 Å². The zero-order chi connectivity index (χ0) is 14.7. The Morgan fingerprint density at radius 1 is 1.14 bits per heavy atom. The van der Waals surface area contributed by atoms with Crippen LogP contribution >= 0.6 is 0 Å². The third-order valence-electron chi connectivity index (χ3n) is 3.53. The molecule has 0 bridgehead atoms. The van der Waals surface area contributed by atoms with E-state index in [1.807, 2.05) is 30.5 Å². The number of rotatable bonds is 5. The smallest absolute Gasteiger partial charge is 0.157 e. The molecular weight excluding hydrogens is 264 g/mol. The molecule has 5 nitrogen and oxygen atoms in total. The number of likely N-dealkylation sites (N-methyl/N-ethyl adjacent to an activating group) is 1. The van der Waals surface area contributed by atoms with Crippen LogP contribution in [0.4, 0.5) is 5.82 Å². The molecule has 0 saturated heterocycles. The molecule has 0 atom stereocenters. The summed E-state index contributed by atoms with van der Waals surface area (Å²) >= 11 is 0. The molecule has 21 heavy (non-hydrogen) atoms. The van der Waals surface area contributed by atoms with Crippen LogP contribution in [0.1, 0.15) is 5.56 Å². The summed E-state index contributed by atoms with van der Waals surface area (Å²) in [5, 5.41) is 4.15. The number of hydrogen-bond donors (Lipinski definition) is 0. The zero-order valence-electron chi connectivity index (χ0n) is 12.2. The van der Waals surface area contributed by atoms with Crippen LogP contribution in [0.5, 0.6) is 5.75 Å². The van der Waals surface area contributed by atoms with Crippen molar-refractivity contribution in [2.75, 3.05) is 25.6 Å². The molecule has 0 spiro atoms. The Hall–Kier alpha value is -2.56. The number of nitrogens with zero attached hydrogens (tertiary/aromatic N) is 4. The van der Waals surface area contributed by atoms with Crippen LogP contribution in [0.25, 0.3) is 5.65 Å². The number of ether oxygens (including phenoxy) is 1. The number of benzene rings is 1. The van der Waals surface area contributed by atoms with E-state index < -0.39 is 0 Å². The maximum atomic E-state index is 5.17. The van der Waals surface area contributed by atoms with Crippen molar-refractivity contribution in [3.63, 3.8) is 0 Å². The van der Waals surface area contributed by atoms with E-state index in [0.29, 0.717) is 0 Å². The highest BCUT2D eigenvalue weighted by atomic mass is 16.5. The van der Waals surface area contributed by atoms with Gasteiger partial charge in [-0.05, 0) is 30.2 Å². The van der Waals surface area contributed by atoms with Gasteiger partial charge in [0.2, 0.25) is 0 Å². The number of hydrogen-bond acceptors (Lipinski definition) is 4. The van der Waals surface area contributed by atoms with Gasteiger partial charge >= 0.3 is 0 Å². The van der Waals surface area contributed by atoms with Gasteiger partial charge < -0.3 is 9.64 Å². The fraction of sp³-hybridized carbons (Fsp3) is 0.250. The summed E-state index contributed by atoms with van der Waals surface area (Å²) in [6.07, 6.45) is 4.65. The van der Waals surface area contributed by atoms with E-state index in [0.717, 1.165) is 30.2 Å². The van der Waals surface area contributed by atoms with Crippen LogP contribution in [0, 0.1) is 0 Å². The molecule has 0 fully saturated rings. The molecule has 0 amide bonds. The van der Waals surface area contributed by atoms with E-state index in [2.05, 4.69) is 34.2 Å². The van der Waals surface area contributed by atoms with Crippen molar-refractivity contribution in [2.45, 2.75) is 6.42 Å². The van der Waals surface area contributed by atoms with Gasteiger partial charge in [0.25, 0.3) is 0 Å². The summed E-state index contributed by atoms with van der Waals surface area (Å²) in [6.45, 7) is 0.906. The quantitative estimate of drug-likeness (QED) is 0.721. The van der Waals surface area contributed by atoms with E-state index in [4.69, 9.17) is 4.74 Å². The van der Waals surface area contributed by atoms with Gasteiger partial charge in [0.1, 0.15) is 11.6 Å². The zero-order valence-corrected chi connectivity index (χ0v) is 12.2. The standard InChI is InChI=1S/C16H18N4O/c1-19(11-8-13-3-5-14(21-2)6-4-13)15-9-12-20-16(18-15)7-10-17-20/h3-7,9-10,12H,8,11H2,1-2H3. The minimum Gasteiger partial charge on any atom is -0.497 e. The maximum absolute atomic E-state index is 5.17. The normalized spacial score (nSPS) is 10.8. The van der Waals surface area contributed by atoms with E-state index >= 15 is 0 Å². The van der Waals surface area contributed by atoms with Crippen molar-refractivity contribution in [1.29, 1.82) is 0 Å². The number of fused-ring (bicyclic) bond motifs is 1. The summed E-state index contributed by atoms with van der Waals surface area (Å²) < 4.78 is 6.93. The molecule has 0 radical (unpaired) electrons. The Morgan fingerprint density at radius 3 is 2.71 bits per heavy atom. The molecule has 0 aliphatic heterocycles. The minimum absolute atomic E-state index is 0.865. The van der Waals surface area contributed by atoms with E-state index in [-0.39, 0.29) is 0 Å². The largest absolute Gasteiger partial charge is 0.497 e. The summed E-state index contributed by atoms with van der Waals surface area (Å²) in [6, 6.07) is 12.1. The van der Waals surface area contributed by atoms with E-state index in [9.17, 15) is 0 Å². The van der Waals surface area contributed by atoms with Crippen molar-refractivity contribution in [3.8, 4) is 5.75 Å². The lowest BCUT2D eigenvalue weighted by atomic mass is 10.1. The molecule has 0 saturated carbocycles. The number of anilines is 1. The Labute approximate surface area is 123 Å². The van der Waals surface area contributed by atoms with Crippen LogP contribution in [-0.4, -0.2) is 35.3 Å². The average molecular weight is 282 g/mol. The third kappa shape index (κ3) is 2.97. The van der Waals surface area contributed by atoms with Crippen molar-refractivity contribution >= 4 is 11.5 Å². The topological polar surface area (TPSA) is 42.7 Å². The minimum atomic E-state index is 0.865. The first-order valence-corrected chi connectivity index (χ1v) is 6.91. The monoisotopic (exact) mass is 282 g/mol. The van der Waals surface area contributed by atoms with Crippen molar-refractivity contribution in [2.24, 2.45) is 0 Å². The molecular formula is C16H18N4O. The van der Waals surface area contributed by atoms with Gasteiger partial charge in [0.15, 0.2) is 5.65 Å². The highest BCUT2D eigenvalue weighted by molar-refractivity contribution is 5.46. The predicted molar refractivity (Wildman–Crippen MR) is 83.0 cm³/mol. The van der Waals surface area contributed by atoms with Gasteiger partial charge in [-0.15, -0.1) is 0 Å². The Bertz CT molecular complexity index is 720. The highest BCUT2D eigenvalue weighted by Gasteiger charge is 2.05. The van der Waals surface area contributed by atoms with Crippen LogP contribution in [0.3, 0.4) is 0 Å². The number of methoxy groups -OCH3 is 1. The van der Waals surface area contributed by atoms with Gasteiger partial charge in [-0.25, -0.2) is 9.50 Å². The first-order chi connectivity index (χ1) is 10.3. The molecule has 0 aliphatic rings. The molecule has 108 valence electrons. The Kier molecular flexibility index (Phi) is 3.73. The molecule has 3 rings (SSSR count). The van der Waals surface area contributed by atoms with Gasteiger partial charge in [-0.2, -0.15) is 5.10 Å². The molecule has 3 aromatic rings. The maximum Gasteiger partial charge on any atom is 0.157 e. The van der Waals surface area contributed by atoms with Crippen molar-refractivity contribution < 1.29 is 4.74 Å². The van der Waals surface area contributed by atoms with Gasteiger partial charge in [0.05, 0.1) is 13.3 Å². The van der Waals surface area contributed by atoms with Gasteiger partial charge in [-0.1, -0.05) is 12.1 Å². The predicted octanol–water partition coefficient (Wildman–Crippen LogP) is 2.42.